The van der Waals surface area contributed by atoms with E-state index in [9.17, 15) is 18.0 Å². The minimum Gasteiger partial charge on any atom is -0.415 e. The second-order valence-corrected chi connectivity index (χ2v) is 8.78. The lowest BCUT2D eigenvalue weighted by Crippen LogP contribution is -2.43. The van der Waals surface area contributed by atoms with Gasteiger partial charge in [-0.05, 0) is 50.8 Å². The Hall–Kier alpha value is -3.18. The van der Waals surface area contributed by atoms with E-state index in [-0.39, 0.29) is 40.3 Å². The summed E-state index contributed by atoms with van der Waals surface area (Å²) in [6.07, 6.45) is -2.17. The molecule has 2 aromatic carbocycles. The van der Waals surface area contributed by atoms with Crippen LogP contribution in [0, 0.1) is 11.6 Å². The van der Waals surface area contributed by atoms with E-state index in [2.05, 4.69) is 10.2 Å². The number of carbonyl (C=O) groups excluding carboxylic acids is 1. The maximum atomic E-state index is 15.1. The lowest BCUT2D eigenvalue weighted by molar-refractivity contribution is 0.116. The Balaban J connectivity index is 1.63. The smallest absolute Gasteiger partial charge is 0.324 e. The number of hydrogen-bond acceptors (Lipinski definition) is 5. The summed E-state index contributed by atoms with van der Waals surface area (Å²) < 4.78 is 59.1. The summed E-state index contributed by atoms with van der Waals surface area (Å²) in [6.45, 7) is 0.778. The summed E-state index contributed by atoms with van der Waals surface area (Å²) in [7, 11) is 3.86. The van der Waals surface area contributed by atoms with Gasteiger partial charge in [-0.25, -0.2) is 13.6 Å². The number of alkyl halides is 2. The summed E-state index contributed by atoms with van der Waals surface area (Å²) >= 11 is 6.25. The molecule has 7 nitrogen and oxygen atoms in total. The van der Waals surface area contributed by atoms with Gasteiger partial charge in [0.1, 0.15) is 11.6 Å². The van der Waals surface area contributed by atoms with E-state index in [0.29, 0.717) is 13.1 Å². The summed E-state index contributed by atoms with van der Waals surface area (Å²) in [6, 6.07) is 7.27. The molecule has 1 aliphatic heterocycles. The average Bonchev–Trinajstić information content (AvgIpc) is 3.49. The van der Waals surface area contributed by atoms with Crippen LogP contribution < -0.4 is 4.90 Å². The van der Waals surface area contributed by atoms with Crippen molar-refractivity contribution in [2.45, 2.75) is 25.4 Å². The molecule has 186 valence electrons. The van der Waals surface area contributed by atoms with Gasteiger partial charge in [0, 0.05) is 30.3 Å². The second kappa shape index (κ2) is 10.2. The third kappa shape index (κ3) is 5.40. The van der Waals surface area contributed by atoms with Crippen molar-refractivity contribution in [1.82, 2.24) is 20.0 Å². The van der Waals surface area contributed by atoms with Gasteiger partial charge in [-0.3, -0.25) is 4.90 Å². The molecule has 1 saturated heterocycles. The molecule has 35 heavy (non-hydrogen) atoms. The van der Waals surface area contributed by atoms with Gasteiger partial charge in [0.25, 0.3) is 5.89 Å². The molecule has 0 radical (unpaired) electrons. The van der Waals surface area contributed by atoms with E-state index in [1.807, 2.05) is 19.0 Å². The number of nitrogens with zero attached hydrogens (tertiary/aromatic N) is 5. The number of likely N-dealkylation sites (tertiary alicyclic amines) is 1. The molecule has 0 aliphatic carbocycles. The van der Waals surface area contributed by atoms with Gasteiger partial charge in [0.2, 0.25) is 5.89 Å². The molecule has 2 heterocycles. The van der Waals surface area contributed by atoms with Crippen LogP contribution in [0.3, 0.4) is 0 Å². The van der Waals surface area contributed by atoms with E-state index in [0.717, 1.165) is 18.6 Å². The van der Waals surface area contributed by atoms with Crippen LogP contribution in [0.2, 0.25) is 5.02 Å². The Morgan fingerprint density at radius 2 is 1.97 bits per heavy atom. The molecule has 0 saturated carbocycles. The predicted molar refractivity (Wildman–Crippen MR) is 121 cm³/mol. The molecule has 1 unspecified atom stereocenters. The van der Waals surface area contributed by atoms with Crippen molar-refractivity contribution in [2.24, 2.45) is 0 Å². The zero-order chi connectivity index (χ0) is 25.3. The molecular formula is C23H22ClF4N5O2. The normalized spacial score (nSPS) is 15.9. The van der Waals surface area contributed by atoms with Crippen LogP contribution in [0.5, 0.6) is 0 Å². The SMILES string of the molecule is CN(C)C1CCN(C(=O)N(Cc2ccc(-c3nnc(C(F)F)o3)cc2F)c2ccc(F)cc2Cl)C1. The van der Waals surface area contributed by atoms with Crippen LogP contribution >= 0.6 is 11.6 Å². The maximum absolute atomic E-state index is 15.1. The highest BCUT2D eigenvalue weighted by atomic mass is 35.5. The Morgan fingerprint density at radius 1 is 1.20 bits per heavy atom. The molecule has 2 amide bonds. The van der Waals surface area contributed by atoms with Crippen LogP contribution in [0.1, 0.15) is 24.3 Å². The first-order chi connectivity index (χ1) is 16.6. The van der Waals surface area contributed by atoms with Crippen LogP contribution in [0.25, 0.3) is 11.5 Å². The summed E-state index contributed by atoms with van der Waals surface area (Å²) in [5, 5.41) is 6.76. The van der Waals surface area contributed by atoms with E-state index in [4.69, 9.17) is 16.0 Å². The molecule has 0 N–H and O–H groups in total. The monoisotopic (exact) mass is 511 g/mol. The van der Waals surface area contributed by atoms with Crippen molar-refractivity contribution in [3.8, 4) is 11.5 Å². The molecule has 1 fully saturated rings. The van der Waals surface area contributed by atoms with Gasteiger partial charge >= 0.3 is 12.5 Å². The van der Waals surface area contributed by atoms with Gasteiger partial charge in [-0.15, -0.1) is 10.2 Å². The first kappa shape index (κ1) is 24.9. The van der Waals surface area contributed by atoms with Crippen molar-refractivity contribution in [1.29, 1.82) is 0 Å². The number of amides is 2. The number of hydrogen-bond donors (Lipinski definition) is 0. The topological polar surface area (TPSA) is 65.7 Å². The van der Waals surface area contributed by atoms with Gasteiger partial charge in [-0.2, -0.15) is 8.78 Å². The maximum Gasteiger partial charge on any atom is 0.324 e. The van der Waals surface area contributed by atoms with Crippen molar-refractivity contribution in [3.05, 3.63) is 64.5 Å². The molecule has 3 aromatic rings. The van der Waals surface area contributed by atoms with Gasteiger partial charge in [0.05, 0.1) is 17.3 Å². The third-order valence-electron chi connectivity index (χ3n) is 5.85. The van der Waals surface area contributed by atoms with Crippen molar-refractivity contribution in [3.63, 3.8) is 0 Å². The molecule has 1 aliphatic rings. The molecular weight excluding hydrogens is 490 g/mol. The van der Waals surface area contributed by atoms with Gasteiger partial charge < -0.3 is 14.2 Å². The Bertz CT molecular complexity index is 1220. The summed E-state index contributed by atoms with van der Waals surface area (Å²) in [5.74, 6) is -2.41. The van der Waals surface area contributed by atoms with Crippen molar-refractivity contribution < 1.29 is 26.8 Å². The number of halogens is 5. The fraction of sp³-hybridized carbons (Fsp3) is 0.348. The first-order valence-electron chi connectivity index (χ1n) is 10.7. The van der Waals surface area contributed by atoms with Crippen LogP contribution in [-0.2, 0) is 6.54 Å². The highest BCUT2D eigenvalue weighted by molar-refractivity contribution is 6.33. The molecule has 12 heteroatoms. The molecule has 1 atom stereocenters. The number of likely N-dealkylation sites (N-methyl/N-ethyl adjacent to an activating group) is 1. The summed E-state index contributed by atoms with van der Waals surface area (Å²) in [4.78, 5) is 18.4. The minimum absolute atomic E-state index is 0.00382. The van der Waals surface area contributed by atoms with E-state index in [1.165, 1.54) is 29.2 Å². The second-order valence-electron chi connectivity index (χ2n) is 8.37. The van der Waals surface area contributed by atoms with Gasteiger partial charge in [0.15, 0.2) is 0 Å². The lowest BCUT2D eigenvalue weighted by Gasteiger charge is -2.29. The number of urea groups is 1. The van der Waals surface area contributed by atoms with Crippen LogP contribution in [0.4, 0.5) is 28.0 Å². The van der Waals surface area contributed by atoms with Crippen LogP contribution in [0.15, 0.2) is 40.8 Å². The molecule has 0 spiro atoms. The quantitative estimate of drug-likeness (QED) is 0.416. The predicted octanol–water partition coefficient (Wildman–Crippen LogP) is 5.37. The Labute approximate surface area is 203 Å². The number of benzene rings is 2. The third-order valence-corrected chi connectivity index (χ3v) is 6.15. The van der Waals surface area contributed by atoms with E-state index < -0.39 is 30.0 Å². The minimum atomic E-state index is -2.95. The molecule has 1 aromatic heterocycles. The van der Waals surface area contributed by atoms with Crippen LogP contribution in [-0.4, -0.2) is 59.3 Å². The standard InChI is InChI=1S/C23H22ClF4N5O2/c1-31(2)16-7-8-32(12-16)23(34)33(19-6-5-15(25)10-17(19)24)11-14-4-3-13(9-18(14)26)21-29-30-22(35-21)20(27)28/h3-6,9-10,16,20H,7-8,11-12H2,1-2H3. The molecule has 0 bridgehead atoms. The largest absolute Gasteiger partial charge is 0.415 e. The fourth-order valence-corrected chi connectivity index (χ4v) is 4.15. The summed E-state index contributed by atoms with van der Waals surface area (Å²) in [5.41, 5.74) is 0.462. The highest BCUT2D eigenvalue weighted by Gasteiger charge is 2.32. The Morgan fingerprint density at radius 3 is 2.57 bits per heavy atom. The highest BCUT2D eigenvalue weighted by Crippen LogP contribution is 2.31. The van der Waals surface area contributed by atoms with E-state index >= 15 is 4.39 Å². The average molecular weight is 512 g/mol. The van der Waals surface area contributed by atoms with Crippen molar-refractivity contribution in [2.75, 3.05) is 32.1 Å². The van der Waals surface area contributed by atoms with E-state index in [1.54, 1.807) is 4.90 Å². The fourth-order valence-electron chi connectivity index (χ4n) is 3.88. The number of rotatable bonds is 6. The number of anilines is 1. The number of aromatic nitrogens is 2. The zero-order valence-corrected chi connectivity index (χ0v) is 19.6. The zero-order valence-electron chi connectivity index (χ0n) is 18.9. The Kier molecular flexibility index (Phi) is 7.27. The first-order valence-corrected chi connectivity index (χ1v) is 11.1. The lowest BCUT2D eigenvalue weighted by atomic mass is 10.1. The van der Waals surface area contributed by atoms with Gasteiger partial charge in [-0.1, -0.05) is 17.7 Å². The van der Waals surface area contributed by atoms with Crippen molar-refractivity contribution >= 4 is 23.3 Å². The molecule has 4 rings (SSSR count). The number of carbonyl (C=O) groups is 1.